The average Bonchev–Trinajstić information content (AvgIpc) is 2.80. The van der Waals surface area contributed by atoms with Crippen LogP contribution in [0, 0.1) is 0 Å². The Labute approximate surface area is 113 Å². The molecule has 1 atom stereocenters. The van der Waals surface area contributed by atoms with Crippen molar-refractivity contribution in [1.82, 2.24) is 4.90 Å². The van der Waals surface area contributed by atoms with Gasteiger partial charge in [-0.1, -0.05) is 13.3 Å². The van der Waals surface area contributed by atoms with E-state index in [2.05, 4.69) is 6.92 Å². The molecular weight excluding hydrogens is 240 g/mol. The molecular formula is C15H20N2O2. The summed E-state index contributed by atoms with van der Waals surface area (Å²) in [5.41, 5.74) is 7.08. The number of nitrogen functional groups attached to an aromatic ring is 1. The van der Waals surface area contributed by atoms with E-state index in [0.29, 0.717) is 17.0 Å². The molecule has 0 fully saturated rings. The summed E-state index contributed by atoms with van der Waals surface area (Å²) in [6.45, 7) is 4.15. The molecule has 1 amide bonds. The van der Waals surface area contributed by atoms with Gasteiger partial charge in [0.2, 0.25) is 0 Å². The predicted octanol–water partition coefficient (Wildman–Crippen LogP) is 3.28. The molecule has 0 radical (unpaired) electrons. The van der Waals surface area contributed by atoms with Crippen LogP contribution >= 0.6 is 0 Å². The lowest BCUT2D eigenvalue weighted by Crippen LogP contribution is -2.34. The van der Waals surface area contributed by atoms with Crippen molar-refractivity contribution in [1.29, 1.82) is 0 Å². The van der Waals surface area contributed by atoms with Crippen LogP contribution in [0.15, 0.2) is 28.7 Å². The van der Waals surface area contributed by atoms with Crippen LogP contribution in [0.4, 0.5) is 5.69 Å². The van der Waals surface area contributed by atoms with Gasteiger partial charge in [-0.05, 0) is 37.6 Å². The number of carbonyl (C=O) groups is 1. The first kappa shape index (κ1) is 13.5. The molecule has 0 aliphatic heterocycles. The lowest BCUT2D eigenvalue weighted by Gasteiger charge is -2.23. The van der Waals surface area contributed by atoms with Gasteiger partial charge < -0.3 is 15.1 Å². The highest BCUT2D eigenvalue weighted by Crippen LogP contribution is 2.23. The quantitative estimate of drug-likeness (QED) is 0.858. The lowest BCUT2D eigenvalue weighted by molar-refractivity contribution is 0.0707. The molecule has 0 bridgehead atoms. The maximum Gasteiger partial charge on any atom is 0.289 e. The monoisotopic (exact) mass is 260 g/mol. The third-order valence-electron chi connectivity index (χ3n) is 3.44. The predicted molar refractivity (Wildman–Crippen MR) is 77.1 cm³/mol. The van der Waals surface area contributed by atoms with Crippen molar-refractivity contribution in [2.24, 2.45) is 0 Å². The zero-order valence-electron chi connectivity index (χ0n) is 11.6. The Balaban J connectivity index is 2.26. The smallest absolute Gasteiger partial charge is 0.289 e. The SMILES string of the molecule is CCCC(C)N(C)C(=O)c1cc2cc(N)ccc2o1. The van der Waals surface area contributed by atoms with E-state index >= 15 is 0 Å². The fourth-order valence-electron chi connectivity index (χ4n) is 2.15. The van der Waals surface area contributed by atoms with E-state index < -0.39 is 0 Å². The molecule has 1 aromatic carbocycles. The summed E-state index contributed by atoms with van der Waals surface area (Å²) in [7, 11) is 1.81. The molecule has 1 aromatic heterocycles. The van der Waals surface area contributed by atoms with E-state index in [1.165, 1.54) is 0 Å². The Morgan fingerprint density at radius 1 is 1.42 bits per heavy atom. The van der Waals surface area contributed by atoms with Crippen LogP contribution < -0.4 is 5.73 Å². The fraction of sp³-hybridized carbons (Fsp3) is 0.400. The largest absolute Gasteiger partial charge is 0.451 e. The molecule has 102 valence electrons. The molecule has 2 N–H and O–H groups in total. The lowest BCUT2D eigenvalue weighted by atomic mass is 10.1. The molecule has 4 heteroatoms. The number of benzene rings is 1. The number of amides is 1. The number of nitrogens with two attached hydrogens (primary N) is 1. The third-order valence-corrected chi connectivity index (χ3v) is 3.44. The van der Waals surface area contributed by atoms with Crippen molar-refractivity contribution in [3.05, 3.63) is 30.0 Å². The van der Waals surface area contributed by atoms with Gasteiger partial charge in [-0.3, -0.25) is 4.79 Å². The fourth-order valence-corrected chi connectivity index (χ4v) is 2.15. The maximum absolute atomic E-state index is 12.3. The normalized spacial score (nSPS) is 12.6. The van der Waals surface area contributed by atoms with Gasteiger partial charge in [0.25, 0.3) is 5.91 Å². The highest BCUT2D eigenvalue weighted by molar-refractivity contribution is 5.96. The van der Waals surface area contributed by atoms with Crippen molar-refractivity contribution < 1.29 is 9.21 Å². The van der Waals surface area contributed by atoms with Crippen molar-refractivity contribution in [2.75, 3.05) is 12.8 Å². The number of nitrogens with zero attached hydrogens (tertiary/aromatic N) is 1. The average molecular weight is 260 g/mol. The number of carbonyl (C=O) groups excluding carboxylic acids is 1. The van der Waals surface area contributed by atoms with Gasteiger partial charge in [-0.15, -0.1) is 0 Å². The van der Waals surface area contributed by atoms with Gasteiger partial charge in [0.1, 0.15) is 5.58 Å². The van der Waals surface area contributed by atoms with E-state index in [4.69, 9.17) is 10.2 Å². The van der Waals surface area contributed by atoms with Gasteiger partial charge in [-0.2, -0.15) is 0 Å². The summed E-state index contributed by atoms with van der Waals surface area (Å²) in [6.07, 6.45) is 2.03. The van der Waals surface area contributed by atoms with Crippen LogP contribution in [-0.2, 0) is 0 Å². The van der Waals surface area contributed by atoms with Crippen LogP contribution in [-0.4, -0.2) is 23.9 Å². The Hall–Kier alpha value is -1.97. The first-order chi connectivity index (χ1) is 9.02. The van der Waals surface area contributed by atoms with Crippen LogP contribution in [0.1, 0.15) is 37.2 Å². The van der Waals surface area contributed by atoms with Crippen molar-refractivity contribution in [3.8, 4) is 0 Å². The van der Waals surface area contributed by atoms with Crippen molar-refractivity contribution >= 4 is 22.6 Å². The summed E-state index contributed by atoms with van der Waals surface area (Å²) < 4.78 is 5.59. The minimum Gasteiger partial charge on any atom is -0.451 e. The molecule has 0 spiro atoms. The second-order valence-corrected chi connectivity index (χ2v) is 4.96. The highest BCUT2D eigenvalue weighted by Gasteiger charge is 2.20. The van der Waals surface area contributed by atoms with Gasteiger partial charge >= 0.3 is 0 Å². The number of fused-ring (bicyclic) bond motifs is 1. The van der Waals surface area contributed by atoms with E-state index in [1.54, 1.807) is 23.1 Å². The van der Waals surface area contributed by atoms with Gasteiger partial charge in [0.15, 0.2) is 5.76 Å². The summed E-state index contributed by atoms with van der Waals surface area (Å²) >= 11 is 0. The summed E-state index contributed by atoms with van der Waals surface area (Å²) in [5.74, 6) is 0.279. The van der Waals surface area contributed by atoms with E-state index in [0.717, 1.165) is 18.2 Å². The zero-order valence-corrected chi connectivity index (χ0v) is 11.6. The number of hydrogen-bond acceptors (Lipinski definition) is 3. The number of anilines is 1. The first-order valence-electron chi connectivity index (χ1n) is 6.59. The van der Waals surface area contributed by atoms with E-state index in [9.17, 15) is 4.79 Å². The van der Waals surface area contributed by atoms with Crippen molar-refractivity contribution in [3.63, 3.8) is 0 Å². The van der Waals surface area contributed by atoms with Crippen LogP contribution in [0.5, 0.6) is 0 Å². The van der Waals surface area contributed by atoms with E-state index in [1.807, 2.05) is 20.0 Å². The molecule has 2 aromatic rings. The minimum atomic E-state index is -0.0873. The molecule has 0 aliphatic carbocycles. The standard InChI is InChI=1S/C15H20N2O2/c1-4-5-10(2)17(3)15(18)14-9-11-8-12(16)6-7-13(11)19-14/h6-10H,4-5,16H2,1-3H3. The number of hydrogen-bond donors (Lipinski definition) is 1. The molecule has 0 saturated carbocycles. The summed E-state index contributed by atoms with van der Waals surface area (Å²) in [4.78, 5) is 14.0. The Bertz CT molecular complexity index is 589. The Kier molecular flexibility index (Phi) is 3.79. The molecule has 0 saturated heterocycles. The third kappa shape index (κ3) is 2.72. The Morgan fingerprint density at radius 3 is 2.84 bits per heavy atom. The maximum atomic E-state index is 12.3. The summed E-state index contributed by atoms with van der Waals surface area (Å²) in [6, 6.07) is 7.32. The van der Waals surface area contributed by atoms with Gasteiger partial charge in [0.05, 0.1) is 0 Å². The minimum absolute atomic E-state index is 0.0873. The zero-order chi connectivity index (χ0) is 14.0. The second kappa shape index (κ2) is 5.34. The molecule has 4 nitrogen and oxygen atoms in total. The molecule has 19 heavy (non-hydrogen) atoms. The number of furan rings is 1. The van der Waals surface area contributed by atoms with Crippen molar-refractivity contribution in [2.45, 2.75) is 32.7 Å². The molecule has 0 aliphatic rings. The van der Waals surface area contributed by atoms with Crippen LogP contribution in [0.3, 0.4) is 0 Å². The Morgan fingerprint density at radius 2 is 2.16 bits per heavy atom. The first-order valence-corrected chi connectivity index (χ1v) is 6.59. The summed E-state index contributed by atoms with van der Waals surface area (Å²) in [5, 5.41) is 0.861. The van der Waals surface area contributed by atoms with Crippen LogP contribution in [0.25, 0.3) is 11.0 Å². The second-order valence-electron chi connectivity index (χ2n) is 4.96. The molecule has 1 heterocycles. The number of rotatable bonds is 4. The highest BCUT2D eigenvalue weighted by atomic mass is 16.3. The van der Waals surface area contributed by atoms with Gasteiger partial charge in [0, 0.05) is 24.2 Å². The molecule has 1 unspecified atom stereocenters. The van der Waals surface area contributed by atoms with E-state index in [-0.39, 0.29) is 11.9 Å². The van der Waals surface area contributed by atoms with Gasteiger partial charge in [-0.25, -0.2) is 0 Å². The molecule has 2 rings (SSSR count). The van der Waals surface area contributed by atoms with Crippen LogP contribution in [0.2, 0.25) is 0 Å². The topological polar surface area (TPSA) is 59.5 Å².